The average molecular weight is 239 g/mol. The van der Waals surface area contributed by atoms with Crippen molar-refractivity contribution in [3.05, 3.63) is 0 Å². The molecule has 0 aromatic rings. The molecule has 0 aromatic heterocycles. The van der Waals surface area contributed by atoms with E-state index in [1.165, 1.54) is 14.0 Å². The molecule has 0 aliphatic rings. The van der Waals surface area contributed by atoms with Gasteiger partial charge in [0, 0.05) is 19.9 Å². The van der Waals surface area contributed by atoms with Crippen LogP contribution >= 0.6 is 0 Å². The largest absolute Gasteiger partial charge is 0.480 e. The summed E-state index contributed by atoms with van der Waals surface area (Å²) in [5, 5.41) is 11.6. The molecule has 15 heavy (non-hydrogen) atoms. The first-order chi connectivity index (χ1) is 6.71. The van der Waals surface area contributed by atoms with E-state index in [0.29, 0.717) is 0 Å². The molecule has 1 atom stereocenters. The third kappa shape index (κ3) is 5.71. The molecule has 0 bridgehead atoms. The van der Waals surface area contributed by atoms with Crippen molar-refractivity contribution in [3.8, 4) is 0 Å². The zero-order chi connectivity index (χ0) is 12.1. The standard InChI is InChI=1S/C8H17NO5S/c1-8(6-14-2,7(10)11)9-4-5-15(3,12)13/h9H,4-6H2,1-3H3,(H,10,11). The zero-order valence-corrected chi connectivity index (χ0v) is 9.93. The van der Waals surface area contributed by atoms with Crippen molar-refractivity contribution in [1.29, 1.82) is 0 Å². The topological polar surface area (TPSA) is 92.7 Å². The molecule has 0 spiro atoms. The Balaban J connectivity index is 4.26. The fraction of sp³-hybridized carbons (Fsp3) is 0.875. The number of aliphatic carboxylic acids is 1. The van der Waals surface area contributed by atoms with Crippen molar-refractivity contribution in [2.24, 2.45) is 0 Å². The summed E-state index contributed by atoms with van der Waals surface area (Å²) >= 11 is 0. The van der Waals surface area contributed by atoms with Gasteiger partial charge in [0.15, 0.2) is 0 Å². The number of hydrogen-bond donors (Lipinski definition) is 2. The number of sulfone groups is 1. The van der Waals surface area contributed by atoms with Gasteiger partial charge >= 0.3 is 5.97 Å². The molecule has 0 amide bonds. The van der Waals surface area contributed by atoms with Gasteiger partial charge in [-0.2, -0.15) is 0 Å². The van der Waals surface area contributed by atoms with Crippen LogP contribution in [-0.4, -0.2) is 57.3 Å². The van der Waals surface area contributed by atoms with Crippen LogP contribution in [0.25, 0.3) is 0 Å². The lowest BCUT2D eigenvalue weighted by atomic mass is 10.0. The van der Waals surface area contributed by atoms with Gasteiger partial charge in [-0.15, -0.1) is 0 Å². The summed E-state index contributed by atoms with van der Waals surface area (Å²) in [6.45, 7) is 1.51. The SMILES string of the molecule is COCC(C)(NCCS(C)(=O)=O)C(=O)O. The third-order valence-electron chi connectivity index (χ3n) is 1.89. The number of carboxylic acids is 1. The van der Waals surface area contributed by atoms with Crippen LogP contribution < -0.4 is 5.32 Å². The quantitative estimate of drug-likeness (QED) is 0.599. The Kier molecular flexibility index (Phi) is 5.19. The van der Waals surface area contributed by atoms with E-state index in [0.717, 1.165) is 6.26 Å². The lowest BCUT2D eigenvalue weighted by Gasteiger charge is -2.25. The van der Waals surface area contributed by atoms with Crippen molar-refractivity contribution >= 4 is 15.8 Å². The Hall–Kier alpha value is -0.660. The second-order valence-electron chi connectivity index (χ2n) is 3.63. The van der Waals surface area contributed by atoms with E-state index in [9.17, 15) is 13.2 Å². The normalized spacial score (nSPS) is 15.9. The zero-order valence-electron chi connectivity index (χ0n) is 9.11. The number of carbonyl (C=O) groups is 1. The Morgan fingerprint density at radius 3 is 2.40 bits per heavy atom. The van der Waals surface area contributed by atoms with E-state index in [4.69, 9.17) is 9.84 Å². The molecular formula is C8H17NO5S. The van der Waals surface area contributed by atoms with Crippen LogP contribution in [0.2, 0.25) is 0 Å². The minimum atomic E-state index is -3.08. The summed E-state index contributed by atoms with van der Waals surface area (Å²) in [5.41, 5.74) is -1.25. The van der Waals surface area contributed by atoms with E-state index in [1.54, 1.807) is 0 Å². The maximum Gasteiger partial charge on any atom is 0.326 e. The summed E-state index contributed by atoms with van der Waals surface area (Å²) in [4.78, 5) is 10.9. The molecule has 0 heterocycles. The lowest BCUT2D eigenvalue weighted by Crippen LogP contribution is -2.54. The highest BCUT2D eigenvalue weighted by Crippen LogP contribution is 2.04. The monoisotopic (exact) mass is 239 g/mol. The van der Waals surface area contributed by atoms with Gasteiger partial charge in [-0.3, -0.25) is 10.1 Å². The van der Waals surface area contributed by atoms with Gasteiger partial charge in [-0.1, -0.05) is 0 Å². The molecular weight excluding hydrogens is 222 g/mol. The molecule has 0 aliphatic carbocycles. The first-order valence-electron chi connectivity index (χ1n) is 4.36. The molecule has 0 rings (SSSR count). The predicted molar refractivity (Wildman–Crippen MR) is 55.6 cm³/mol. The van der Waals surface area contributed by atoms with Crippen LogP contribution in [-0.2, 0) is 19.4 Å². The number of rotatable bonds is 7. The summed E-state index contributed by atoms with van der Waals surface area (Å²) in [7, 11) is -1.70. The molecule has 7 heteroatoms. The number of hydrogen-bond acceptors (Lipinski definition) is 5. The minimum Gasteiger partial charge on any atom is -0.480 e. The number of ether oxygens (including phenoxy) is 1. The first kappa shape index (κ1) is 14.3. The van der Waals surface area contributed by atoms with Crippen molar-refractivity contribution in [2.75, 3.05) is 32.3 Å². The predicted octanol–water partition coefficient (Wildman–Crippen LogP) is -0.890. The van der Waals surface area contributed by atoms with Crippen molar-refractivity contribution < 1.29 is 23.1 Å². The van der Waals surface area contributed by atoms with Crippen LogP contribution in [0.1, 0.15) is 6.92 Å². The Morgan fingerprint density at radius 2 is 2.07 bits per heavy atom. The van der Waals surface area contributed by atoms with Crippen LogP contribution in [0.3, 0.4) is 0 Å². The highest BCUT2D eigenvalue weighted by atomic mass is 32.2. The molecule has 90 valence electrons. The van der Waals surface area contributed by atoms with Crippen LogP contribution in [0, 0.1) is 0 Å². The number of carboxylic acid groups (broad SMARTS) is 1. The van der Waals surface area contributed by atoms with Gasteiger partial charge in [0.25, 0.3) is 0 Å². The van der Waals surface area contributed by atoms with Gasteiger partial charge in [-0.25, -0.2) is 8.42 Å². The molecule has 0 saturated heterocycles. The van der Waals surface area contributed by atoms with Crippen LogP contribution in [0.15, 0.2) is 0 Å². The van der Waals surface area contributed by atoms with Crippen LogP contribution in [0.4, 0.5) is 0 Å². The van der Waals surface area contributed by atoms with Crippen LogP contribution in [0.5, 0.6) is 0 Å². The van der Waals surface area contributed by atoms with Gasteiger partial charge in [0.05, 0.1) is 12.4 Å². The summed E-state index contributed by atoms with van der Waals surface area (Å²) in [6, 6.07) is 0. The second kappa shape index (κ2) is 5.43. The van der Waals surface area contributed by atoms with Crippen molar-refractivity contribution in [1.82, 2.24) is 5.32 Å². The number of nitrogens with one attached hydrogen (secondary N) is 1. The highest BCUT2D eigenvalue weighted by Gasteiger charge is 2.32. The lowest BCUT2D eigenvalue weighted by molar-refractivity contribution is -0.146. The summed E-state index contributed by atoms with van der Waals surface area (Å²) in [5.74, 6) is -1.17. The Labute approximate surface area is 89.5 Å². The van der Waals surface area contributed by atoms with Gasteiger partial charge in [-0.05, 0) is 6.92 Å². The van der Waals surface area contributed by atoms with Crippen molar-refractivity contribution in [3.63, 3.8) is 0 Å². The fourth-order valence-electron chi connectivity index (χ4n) is 0.989. The van der Waals surface area contributed by atoms with E-state index in [2.05, 4.69) is 5.32 Å². The summed E-state index contributed by atoms with van der Waals surface area (Å²) in [6.07, 6.45) is 1.10. The summed E-state index contributed by atoms with van der Waals surface area (Å²) < 4.78 is 26.4. The minimum absolute atomic E-state index is 0.0217. The molecule has 0 saturated carbocycles. The molecule has 2 N–H and O–H groups in total. The maximum absolute atomic E-state index is 10.9. The van der Waals surface area contributed by atoms with E-state index >= 15 is 0 Å². The van der Waals surface area contributed by atoms with Gasteiger partial charge in [0.1, 0.15) is 15.4 Å². The molecule has 0 fully saturated rings. The maximum atomic E-state index is 10.9. The van der Waals surface area contributed by atoms with E-state index in [1.807, 2.05) is 0 Å². The Bertz CT molecular complexity index is 313. The fourth-order valence-corrected chi connectivity index (χ4v) is 1.46. The Morgan fingerprint density at radius 1 is 1.53 bits per heavy atom. The van der Waals surface area contributed by atoms with E-state index < -0.39 is 21.3 Å². The van der Waals surface area contributed by atoms with Gasteiger partial charge < -0.3 is 9.84 Å². The molecule has 1 unspecified atom stereocenters. The smallest absolute Gasteiger partial charge is 0.326 e. The third-order valence-corrected chi connectivity index (χ3v) is 2.84. The molecule has 0 radical (unpaired) electrons. The van der Waals surface area contributed by atoms with E-state index in [-0.39, 0.29) is 18.9 Å². The highest BCUT2D eigenvalue weighted by molar-refractivity contribution is 7.90. The molecule has 0 aliphatic heterocycles. The molecule has 6 nitrogen and oxygen atoms in total. The number of methoxy groups -OCH3 is 1. The first-order valence-corrected chi connectivity index (χ1v) is 6.42. The van der Waals surface area contributed by atoms with Gasteiger partial charge in [0.2, 0.25) is 0 Å². The second-order valence-corrected chi connectivity index (χ2v) is 5.89. The average Bonchev–Trinajstić information content (AvgIpc) is 2.01. The van der Waals surface area contributed by atoms with Crippen molar-refractivity contribution in [2.45, 2.75) is 12.5 Å². The molecule has 0 aromatic carbocycles.